The SMILES string of the molecule is CCOc1c(OC)cccc1-c1ncc(C(=O)NN)s1. The van der Waals surface area contributed by atoms with Gasteiger partial charge in [0, 0.05) is 0 Å². The maximum Gasteiger partial charge on any atom is 0.276 e. The minimum absolute atomic E-state index is 0.366. The number of hydrogen-bond donors (Lipinski definition) is 2. The highest BCUT2D eigenvalue weighted by Crippen LogP contribution is 2.39. The predicted molar refractivity (Wildman–Crippen MR) is 76.9 cm³/mol. The summed E-state index contributed by atoms with van der Waals surface area (Å²) in [6.07, 6.45) is 1.48. The number of nitrogen functional groups attached to an aromatic ring is 1. The second-order valence-electron chi connectivity index (χ2n) is 3.77. The van der Waals surface area contributed by atoms with Crippen molar-refractivity contribution in [3.05, 3.63) is 29.3 Å². The molecule has 0 aliphatic heterocycles. The van der Waals surface area contributed by atoms with Crippen LogP contribution in [-0.4, -0.2) is 24.6 Å². The molecule has 0 spiro atoms. The van der Waals surface area contributed by atoms with E-state index in [0.717, 1.165) is 5.56 Å². The van der Waals surface area contributed by atoms with Crippen molar-refractivity contribution in [2.24, 2.45) is 5.84 Å². The number of aromatic nitrogens is 1. The van der Waals surface area contributed by atoms with Gasteiger partial charge in [-0.05, 0) is 19.1 Å². The number of amides is 1. The zero-order chi connectivity index (χ0) is 14.5. The van der Waals surface area contributed by atoms with Crippen LogP contribution in [0.15, 0.2) is 24.4 Å². The summed E-state index contributed by atoms with van der Waals surface area (Å²) in [6.45, 7) is 2.40. The van der Waals surface area contributed by atoms with Gasteiger partial charge in [-0.25, -0.2) is 10.8 Å². The molecule has 0 bridgehead atoms. The van der Waals surface area contributed by atoms with Gasteiger partial charge < -0.3 is 9.47 Å². The number of hydrogen-bond acceptors (Lipinski definition) is 6. The Bertz CT molecular complexity index is 613. The molecule has 1 heterocycles. The molecule has 3 N–H and O–H groups in total. The Morgan fingerprint density at radius 3 is 2.95 bits per heavy atom. The molecule has 2 aromatic rings. The molecule has 0 saturated heterocycles. The summed E-state index contributed by atoms with van der Waals surface area (Å²) in [5.41, 5.74) is 2.87. The van der Waals surface area contributed by atoms with Crippen molar-refractivity contribution in [2.75, 3.05) is 13.7 Å². The molecule has 2 rings (SSSR count). The van der Waals surface area contributed by atoms with Crippen LogP contribution >= 0.6 is 11.3 Å². The molecule has 1 aromatic carbocycles. The molecule has 6 nitrogen and oxygen atoms in total. The summed E-state index contributed by atoms with van der Waals surface area (Å²) >= 11 is 1.24. The fourth-order valence-electron chi connectivity index (χ4n) is 1.71. The molecule has 0 aliphatic rings. The van der Waals surface area contributed by atoms with Crippen LogP contribution in [0.3, 0.4) is 0 Å². The van der Waals surface area contributed by atoms with E-state index >= 15 is 0 Å². The van der Waals surface area contributed by atoms with Crippen LogP contribution in [0.4, 0.5) is 0 Å². The van der Waals surface area contributed by atoms with Gasteiger partial charge in [-0.1, -0.05) is 6.07 Å². The third kappa shape index (κ3) is 2.73. The highest BCUT2D eigenvalue weighted by molar-refractivity contribution is 7.16. The van der Waals surface area contributed by atoms with E-state index in [1.165, 1.54) is 17.5 Å². The van der Waals surface area contributed by atoms with Crippen molar-refractivity contribution in [1.29, 1.82) is 0 Å². The fourth-order valence-corrected chi connectivity index (χ4v) is 2.55. The normalized spacial score (nSPS) is 10.2. The Labute approximate surface area is 120 Å². The van der Waals surface area contributed by atoms with E-state index in [-0.39, 0.29) is 5.91 Å². The molecule has 0 radical (unpaired) electrons. The van der Waals surface area contributed by atoms with Gasteiger partial charge in [0.2, 0.25) is 0 Å². The van der Waals surface area contributed by atoms with Crippen LogP contribution in [0.5, 0.6) is 11.5 Å². The second kappa shape index (κ2) is 6.36. The average molecular weight is 293 g/mol. The van der Waals surface area contributed by atoms with Crippen molar-refractivity contribution in [2.45, 2.75) is 6.92 Å². The monoisotopic (exact) mass is 293 g/mol. The largest absolute Gasteiger partial charge is 0.493 e. The quantitative estimate of drug-likeness (QED) is 0.499. The number of benzene rings is 1. The summed E-state index contributed by atoms with van der Waals surface area (Å²) in [6, 6.07) is 5.53. The minimum Gasteiger partial charge on any atom is -0.493 e. The third-order valence-corrected chi connectivity index (χ3v) is 3.61. The van der Waals surface area contributed by atoms with Gasteiger partial charge in [0.1, 0.15) is 9.88 Å². The van der Waals surface area contributed by atoms with Gasteiger partial charge in [0.05, 0.1) is 25.5 Å². The zero-order valence-electron chi connectivity index (χ0n) is 11.2. The smallest absolute Gasteiger partial charge is 0.276 e. The summed E-state index contributed by atoms with van der Waals surface area (Å²) < 4.78 is 10.9. The standard InChI is InChI=1S/C13H15N3O3S/c1-3-19-11-8(5-4-6-9(11)18-2)13-15-7-10(20-13)12(17)16-14/h4-7H,3,14H2,1-2H3,(H,16,17). The number of thiazole rings is 1. The van der Waals surface area contributed by atoms with Gasteiger partial charge in [-0.2, -0.15) is 0 Å². The first kappa shape index (κ1) is 14.3. The number of carbonyl (C=O) groups is 1. The molecule has 20 heavy (non-hydrogen) atoms. The molecule has 1 aromatic heterocycles. The van der Waals surface area contributed by atoms with Crippen molar-refractivity contribution in [3.63, 3.8) is 0 Å². The number of rotatable bonds is 5. The Morgan fingerprint density at radius 1 is 1.50 bits per heavy atom. The van der Waals surface area contributed by atoms with Crippen LogP contribution in [0, 0.1) is 0 Å². The van der Waals surface area contributed by atoms with Gasteiger partial charge in [0.15, 0.2) is 11.5 Å². The molecule has 0 atom stereocenters. The number of carbonyl (C=O) groups excluding carboxylic acids is 1. The van der Waals surface area contributed by atoms with E-state index in [0.29, 0.717) is 28.0 Å². The molecular formula is C13H15N3O3S. The lowest BCUT2D eigenvalue weighted by molar-refractivity contribution is 0.0957. The highest BCUT2D eigenvalue weighted by atomic mass is 32.1. The summed E-state index contributed by atoms with van der Waals surface area (Å²) in [5.74, 6) is 5.99. The van der Waals surface area contributed by atoms with Crippen LogP contribution < -0.4 is 20.7 Å². The van der Waals surface area contributed by atoms with Crippen LogP contribution in [0.1, 0.15) is 16.6 Å². The van der Waals surface area contributed by atoms with Crippen molar-refractivity contribution in [3.8, 4) is 22.1 Å². The Kier molecular flexibility index (Phi) is 4.54. The lowest BCUT2D eigenvalue weighted by Crippen LogP contribution is -2.29. The van der Waals surface area contributed by atoms with Crippen LogP contribution in [-0.2, 0) is 0 Å². The van der Waals surface area contributed by atoms with E-state index in [4.69, 9.17) is 15.3 Å². The van der Waals surface area contributed by atoms with E-state index in [2.05, 4.69) is 10.4 Å². The Balaban J connectivity index is 2.46. The van der Waals surface area contributed by atoms with Gasteiger partial charge in [-0.3, -0.25) is 10.2 Å². The average Bonchev–Trinajstić information content (AvgIpc) is 2.96. The van der Waals surface area contributed by atoms with Gasteiger partial charge in [-0.15, -0.1) is 11.3 Å². The molecule has 0 unspecified atom stereocenters. The second-order valence-corrected chi connectivity index (χ2v) is 4.80. The number of ether oxygens (including phenoxy) is 2. The number of para-hydroxylation sites is 1. The van der Waals surface area contributed by atoms with E-state index < -0.39 is 0 Å². The number of nitrogens with two attached hydrogens (primary N) is 1. The molecular weight excluding hydrogens is 278 g/mol. The van der Waals surface area contributed by atoms with E-state index in [9.17, 15) is 4.79 Å². The van der Waals surface area contributed by atoms with Crippen LogP contribution in [0.25, 0.3) is 10.6 Å². The summed E-state index contributed by atoms with van der Waals surface area (Å²) in [5, 5.41) is 0.672. The third-order valence-electron chi connectivity index (χ3n) is 2.58. The van der Waals surface area contributed by atoms with Crippen molar-refractivity contribution in [1.82, 2.24) is 10.4 Å². The molecule has 7 heteroatoms. The predicted octanol–water partition coefficient (Wildman–Crippen LogP) is 1.82. The fraction of sp³-hybridized carbons (Fsp3) is 0.231. The maximum atomic E-state index is 11.5. The number of methoxy groups -OCH3 is 1. The molecule has 0 fully saturated rings. The molecule has 0 aliphatic carbocycles. The first-order valence-corrected chi connectivity index (χ1v) is 6.79. The number of nitrogens with zero attached hydrogens (tertiary/aromatic N) is 1. The van der Waals surface area contributed by atoms with Gasteiger partial charge in [0.25, 0.3) is 5.91 Å². The Morgan fingerprint density at radius 2 is 2.30 bits per heavy atom. The lowest BCUT2D eigenvalue weighted by Gasteiger charge is -2.12. The van der Waals surface area contributed by atoms with Gasteiger partial charge >= 0.3 is 0 Å². The minimum atomic E-state index is -0.366. The van der Waals surface area contributed by atoms with Crippen LogP contribution in [0.2, 0.25) is 0 Å². The van der Waals surface area contributed by atoms with Crippen molar-refractivity contribution < 1.29 is 14.3 Å². The topological polar surface area (TPSA) is 86.5 Å². The summed E-state index contributed by atoms with van der Waals surface area (Å²) in [7, 11) is 1.58. The van der Waals surface area contributed by atoms with E-state index in [1.54, 1.807) is 7.11 Å². The highest BCUT2D eigenvalue weighted by Gasteiger charge is 2.16. The number of nitrogens with one attached hydrogen (secondary N) is 1. The first-order chi connectivity index (χ1) is 9.71. The number of hydrazine groups is 1. The van der Waals surface area contributed by atoms with E-state index in [1.807, 2.05) is 25.1 Å². The Hall–Kier alpha value is -2.12. The molecule has 106 valence electrons. The molecule has 0 saturated carbocycles. The first-order valence-electron chi connectivity index (χ1n) is 5.98. The maximum absolute atomic E-state index is 11.5. The zero-order valence-corrected chi connectivity index (χ0v) is 12.0. The summed E-state index contributed by atoms with van der Waals surface area (Å²) in [4.78, 5) is 16.1. The molecule has 1 amide bonds. The lowest BCUT2D eigenvalue weighted by atomic mass is 10.2. The van der Waals surface area contributed by atoms with Crippen molar-refractivity contribution >= 4 is 17.2 Å².